The predicted octanol–water partition coefficient (Wildman–Crippen LogP) is 3.79. The van der Waals surface area contributed by atoms with Gasteiger partial charge in [-0.1, -0.05) is 24.1 Å². The van der Waals surface area contributed by atoms with E-state index in [0.29, 0.717) is 0 Å². The largest absolute Gasteiger partial charge is 0.369 e. The lowest BCUT2D eigenvalue weighted by atomic mass is 10.1. The first-order chi connectivity index (χ1) is 11.2. The maximum atomic E-state index is 6.31. The van der Waals surface area contributed by atoms with Crippen molar-refractivity contribution in [2.75, 3.05) is 25.0 Å². The number of fused-ring (bicyclic) bond motifs is 1. The van der Waals surface area contributed by atoms with Crippen LogP contribution >= 0.6 is 11.6 Å². The van der Waals surface area contributed by atoms with Gasteiger partial charge in [0.25, 0.3) is 0 Å². The van der Waals surface area contributed by atoms with Crippen LogP contribution in [0.3, 0.4) is 0 Å². The Morgan fingerprint density at radius 3 is 2.83 bits per heavy atom. The normalized spacial score (nSPS) is 18.0. The standard InChI is InChI=1S/C18H23ClN4/c1-13-5-6-14(11-16(13)19)23-18-15(7-8-20-18)17(21-23)12-22-9-3-2-4-10-22/h5-6,11,20H,2-4,7-10,12H2,1H3. The van der Waals surface area contributed by atoms with Crippen LogP contribution in [0.1, 0.15) is 36.1 Å². The van der Waals surface area contributed by atoms with Crippen LogP contribution in [0, 0.1) is 6.92 Å². The van der Waals surface area contributed by atoms with Crippen molar-refractivity contribution >= 4 is 17.4 Å². The topological polar surface area (TPSA) is 33.1 Å². The molecule has 0 aliphatic carbocycles. The minimum absolute atomic E-state index is 0.794. The van der Waals surface area contributed by atoms with Crippen LogP contribution < -0.4 is 5.32 Å². The summed E-state index contributed by atoms with van der Waals surface area (Å²) in [5.41, 5.74) is 4.74. The Morgan fingerprint density at radius 1 is 1.22 bits per heavy atom. The molecule has 0 amide bonds. The third-order valence-corrected chi connectivity index (χ3v) is 5.36. The summed E-state index contributed by atoms with van der Waals surface area (Å²) in [7, 11) is 0. The van der Waals surface area contributed by atoms with E-state index in [2.05, 4.69) is 22.3 Å². The van der Waals surface area contributed by atoms with Crippen LogP contribution in [0.25, 0.3) is 5.69 Å². The zero-order chi connectivity index (χ0) is 15.8. The van der Waals surface area contributed by atoms with Crippen molar-refractivity contribution < 1.29 is 0 Å². The summed E-state index contributed by atoms with van der Waals surface area (Å²) in [5.74, 6) is 1.15. The number of nitrogens with zero attached hydrogens (tertiary/aromatic N) is 3. The summed E-state index contributed by atoms with van der Waals surface area (Å²) in [6, 6.07) is 6.17. The van der Waals surface area contributed by atoms with Crippen LogP contribution in [0.4, 0.5) is 5.82 Å². The molecule has 122 valence electrons. The average Bonchev–Trinajstić information content (AvgIpc) is 3.15. The van der Waals surface area contributed by atoms with Gasteiger partial charge < -0.3 is 5.32 Å². The molecule has 1 N–H and O–H groups in total. The molecule has 0 bridgehead atoms. The molecule has 2 aliphatic heterocycles. The van der Waals surface area contributed by atoms with E-state index in [1.54, 1.807) is 0 Å². The number of anilines is 1. The van der Waals surface area contributed by atoms with E-state index >= 15 is 0 Å². The summed E-state index contributed by atoms with van der Waals surface area (Å²) in [6.07, 6.45) is 5.06. The van der Waals surface area contributed by atoms with Crippen molar-refractivity contribution in [3.63, 3.8) is 0 Å². The maximum absolute atomic E-state index is 6.31. The summed E-state index contributed by atoms with van der Waals surface area (Å²) in [4.78, 5) is 2.54. The fraction of sp³-hybridized carbons (Fsp3) is 0.500. The molecule has 2 aromatic rings. The zero-order valence-corrected chi connectivity index (χ0v) is 14.4. The highest BCUT2D eigenvalue weighted by atomic mass is 35.5. The van der Waals surface area contributed by atoms with Gasteiger partial charge in [0, 0.05) is 23.7 Å². The van der Waals surface area contributed by atoms with Gasteiger partial charge in [-0.3, -0.25) is 4.90 Å². The van der Waals surface area contributed by atoms with Crippen LogP contribution in [-0.2, 0) is 13.0 Å². The van der Waals surface area contributed by atoms with Gasteiger partial charge in [0.05, 0.1) is 11.4 Å². The molecule has 0 atom stereocenters. The molecular weight excluding hydrogens is 308 g/mol. The third-order valence-electron chi connectivity index (χ3n) is 4.96. The molecule has 0 radical (unpaired) electrons. The Balaban J connectivity index is 1.68. The van der Waals surface area contributed by atoms with Crippen LogP contribution in [0.5, 0.6) is 0 Å². The quantitative estimate of drug-likeness (QED) is 0.929. The Labute approximate surface area is 142 Å². The Kier molecular flexibility index (Phi) is 4.04. The first-order valence-electron chi connectivity index (χ1n) is 8.56. The highest BCUT2D eigenvalue weighted by Crippen LogP contribution is 2.31. The fourth-order valence-corrected chi connectivity index (χ4v) is 3.78. The number of piperidine rings is 1. The number of nitrogens with one attached hydrogen (secondary N) is 1. The van der Waals surface area contributed by atoms with Crippen LogP contribution in [0.2, 0.25) is 5.02 Å². The van der Waals surface area contributed by atoms with Crippen molar-refractivity contribution in [3.05, 3.63) is 40.0 Å². The summed E-state index contributed by atoms with van der Waals surface area (Å²) < 4.78 is 2.03. The third kappa shape index (κ3) is 2.86. The lowest BCUT2D eigenvalue weighted by molar-refractivity contribution is 0.217. The van der Waals surface area contributed by atoms with E-state index in [4.69, 9.17) is 16.7 Å². The minimum atomic E-state index is 0.794. The Morgan fingerprint density at radius 2 is 2.04 bits per heavy atom. The van der Waals surface area contributed by atoms with Gasteiger partial charge in [-0.15, -0.1) is 0 Å². The second-order valence-corrected chi connectivity index (χ2v) is 7.04. The zero-order valence-electron chi connectivity index (χ0n) is 13.6. The monoisotopic (exact) mass is 330 g/mol. The second-order valence-electron chi connectivity index (χ2n) is 6.63. The number of hydrogen-bond acceptors (Lipinski definition) is 3. The molecular formula is C18H23ClN4. The highest BCUT2D eigenvalue weighted by molar-refractivity contribution is 6.31. The lowest BCUT2D eigenvalue weighted by Crippen LogP contribution is -2.29. The lowest BCUT2D eigenvalue weighted by Gasteiger charge is -2.25. The van der Waals surface area contributed by atoms with E-state index in [-0.39, 0.29) is 0 Å². The molecule has 1 aromatic heterocycles. The first-order valence-corrected chi connectivity index (χ1v) is 8.94. The molecule has 1 fully saturated rings. The van der Waals surface area contributed by atoms with E-state index in [1.807, 2.05) is 17.7 Å². The first kappa shape index (κ1) is 15.0. The van der Waals surface area contributed by atoms with Crippen molar-refractivity contribution in [2.24, 2.45) is 0 Å². The second kappa shape index (κ2) is 6.17. The molecule has 3 heterocycles. The molecule has 1 aromatic carbocycles. The van der Waals surface area contributed by atoms with Crippen molar-refractivity contribution in [2.45, 2.75) is 39.2 Å². The van der Waals surface area contributed by atoms with Gasteiger partial charge in [-0.05, 0) is 57.0 Å². The summed E-state index contributed by atoms with van der Waals surface area (Å²) >= 11 is 6.31. The number of aromatic nitrogens is 2. The SMILES string of the molecule is Cc1ccc(-n2nc(CN3CCCCC3)c3c2NCC3)cc1Cl. The minimum Gasteiger partial charge on any atom is -0.369 e. The molecule has 0 spiro atoms. The van der Waals surface area contributed by atoms with Gasteiger partial charge in [0.15, 0.2) is 0 Å². The Bertz CT molecular complexity index is 716. The number of benzene rings is 1. The molecule has 0 unspecified atom stereocenters. The number of likely N-dealkylation sites (tertiary alicyclic amines) is 1. The van der Waals surface area contributed by atoms with E-state index < -0.39 is 0 Å². The smallest absolute Gasteiger partial charge is 0.133 e. The highest BCUT2D eigenvalue weighted by Gasteiger charge is 2.24. The van der Waals surface area contributed by atoms with Crippen molar-refractivity contribution in [3.8, 4) is 5.69 Å². The maximum Gasteiger partial charge on any atom is 0.133 e. The van der Waals surface area contributed by atoms with Gasteiger partial charge >= 0.3 is 0 Å². The number of hydrogen-bond donors (Lipinski definition) is 1. The number of rotatable bonds is 3. The molecule has 5 heteroatoms. The van der Waals surface area contributed by atoms with E-state index in [9.17, 15) is 0 Å². The van der Waals surface area contributed by atoms with Gasteiger partial charge in [-0.2, -0.15) is 5.10 Å². The van der Waals surface area contributed by atoms with E-state index in [0.717, 1.165) is 41.6 Å². The molecule has 23 heavy (non-hydrogen) atoms. The fourth-order valence-electron chi connectivity index (χ4n) is 3.60. The molecule has 4 nitrogen and oxygen atoms in total. The number of halogens is 1. The van der Waals surface area contributed by atoms with Crippen molar-refractivity contribution in [1.82, 2.24) is 14.7 Å². The molecule has 1 saturated heterocycles. The molecule has 4 rings (SSSR count). The average molecular weight is 331 g/mol. The predicted molar refractivity (Wildman–Crippen MR) is 94.6 cm³/mol. The summed E-state index contributed by atoms with van der Waals surface area (Å²) in [5, 5.41) is 9.21. The van der Waals surface area contributed by atoms with Crippen LogP contribution in [-0.4, -0.2) is 34.3 Å². The molecule has 2 aliphatic rings. The Hall–Kier alpha value is -1.52. The molecule has 0 saturated carbocycles. The summed E-state index contributed by atoms with van der Waals surface area (Å²) in [6.45, 7) is 6.40. The number of aryl methyl sites for hydroxylation is 1. The van der Waals surface area contributed by atoms with Crippen LogP contribution in [0.15, 0.2) is 18.2 Å². The van der Waals surface area contributed by atoms with Gasteiger partial charge in [-0.25, -0.2) is 4.68 Å². The van der Waals surface area contributed by atoms with E-state index in [1.165, 1.54) is 43.6 Å². The van der Waals surface area contributed by atoms with Gasteiger partial charge in [0.2, 0.25) is 0 Å². The van der Waals surface area contributed by atoms with Crippen molar-refractivity contribution in [1.29, 1.82) is 0 Å². The van der Waals surface area contributed by atoms with Gasteiger partial charge in [0.1, 0.15) is 5.82 Å².